The number of carbonyl (C=O) groups is 4. The first-order chi connectivity index (χ1) is 22.1. The maximum atomic E-state index is 14.3. The van der Waals surface area contributed by atoms with Crippen molar-refractivity contribution in [3.8, 4) is 0 Å². The smallest absolute Gasteiger partial charge is 0.313 e. The van der Waals surface area contributed by atoms with E-state index in [4.69, 9.17) is 9.47 Å². The SMILES string of the molecule is C=CCCC(=O)N(C)[C@@H](C)[C@@H](OC(=O)[C@@H]1[C@H]2O[C@@]3(CC2Br)[C@H](C(=O)N(CC=C)CCCC)N(CCCO)C(=O)[C@@H]13)c1ccccc1. The minimum atomic E-state index is -1.23. The van der Waals surface area contributed by atoms with Crippen LogP contribution in [0.1, 0.15) is 64.0 Å². The molecular formula is C35H48BrN3O7. The number of hydrogen-bond acceptors (Lipinski definition) is 7. The van der Waals surface area contributed by atoms with Gasteiger partial charge in [0.25, 0.3) is 0 Å². The number of likely N-dealkylation sites (N-methyl/N-ethyl adjacent to an activating group) is 1. The van der Waals surface area contributed by atoms with Crippen molar-refractivity contribution in [2.45, 2.75) is 87.1 Å². The topological polar surface area (TPSA) is 117 Å². The van der Waals surface area contributed by atoms with E-state index in [1.807, 2.05) is 44.2 Å². The number of aliphatic hydroxyl groups is 1. The number of alkyl halides is 1. The van der Waals surface area contributed by atoms with Gasteiger partial charge in [-0.05, 0) is 38.2 Å². The average molecular weight is 703 g/mol. The Balaban J connectivity index is 1.69. The van der Waals surface area contributed by atoms with E-state index >= 15 is 0 Å². The minimum absolute atomic E-state index is 0.105. The minimum Gasteiger partial charge on any atom is -0.455 e. The number of unbranched alkanes of at least 4 members (excludes halogenated alkanes) is 1. The average Bonchev–Trinajstić information content (AvgIpc) is 3.65. The van der Waals surface area contributed by atoms with Gasteiger partial charge in [0.05, 0.1) is 24.0 Å². The number of hydrogen-bond donors (Lipinski definition) is 1. The lowest BCUT2D eigenvalue weighted by Gasteiger charge is -2.37. The van der Waals surface area contributed by atoms with E-state index in [-0.39, 0.29) is 48.5 Å². The van der Waals surface area contributed by atoms with Crippen molar-refractivity contribution in [2.24, 2.45) is 11.8 Å². The number of carbonyl (C=O) groups excluding carboxylic acids is 4. The maximum absolute atomic E-state index is 14.3. The van der Waals surface area contributed by atoms with Gasteiger partial charge in [-0.15, -0.1) is 13.2 Å². The van der Waals surface area contributed by atoms with Crippen molar-refractivity contribution in [1.29, 1.82) is 0 Å². The quantitative estimate of drug-likeness (QED) is 0.148. The molecule has 2 bridgehead atoms. The molecule has 3 heterocycles. The van der Waals surface area contributed by atoms with Crippen LogP contribution in [0.4, 0.5) is 0 Å². The molecule has 3 aliphatic heterocycles. The van der Waals surface area contributed by atoms with E-state index in [2.05, 4.69) is 29.1 Å². The summed E-state index contributed by atoms with van der Waals surface area (Å²) in [6.07, 6.45) is 5.00. The standard InChI is InChI=1S/C35H48BrN3O7/c1-6-9-17-26(41)37(5)23(4)29(24-15-12-11-13-16-24)45-34(44)27-28-32(42)39(20-14-21-40)31(35(28)22-25(36)30(27)46-35)33(43)38(18-8-3)19-10-7-2/h6,8,11-13,15-16,23,25,27-31,40H,1,3,7,9-10,14,17-22H2,2,4-5H3/t23-,25?,27-,28+,29+,30-,31-,35+/m0/s1. The number of ether oxygens (including phenoxy) is 2. The molecule has 4 rings (SSSR count). The molecule has 1 N–H and O–H groups in total. The number of likely N-dealkylation sites (tertiary alicyclic amines) is 1. The number of nitrogens with zero attached hydrogens (tertiary/aromatic N) is 3. The summed E-state index contributed by atoms with van der Waals surface area (Å²) in [7, 11) is 1.69. The largest absolute Gasteiger partial charge is 0.455 e. The first-order valence-corrected chi connectivity index (χ1v) is 17.2. The fraction of sp³-hybridized carbons (Fsp3) is 0.600. The zero-order valence-corrected chi connectivity index (χ0v) is 28.8. The Bertz CT molecular complexity index is 1280. The Kier molecular flexibility index (Phi) is 12.2. The summed E-state index contributed by atoms with van der Waals surface area (Å²) < 4.78 is 12.9. The lowest BCUT2D eigenvalue weighted by molar-refractivity contribution is -0.164. The molecule has 11 heteroatoms. The number of amides is 3. The first-order valence-electron chi connectivity index (χ1n) is 16.3. The van der Waals surface area contributed by atoms with Crippen molar-refractivity contribution in [1.82, 2.24) is 14.7 Å². The summed E-state index contributed by atoms with van der Waals surface area (Å²) in [5, 5.41) is 9.66. The summed E-state index contributed by atoms with van der Waals surface area (Å²) in [6.45, 7) is 12.2. The molecule has 1 aromatic carbocycles. The molecular weight excluding hydrogens is 654 g/mol. The Morgan fingerprint density at radius 1 is 1.22 bits per heavy atom. The van der Waals surface area contributed by atoms with E-state index in [1.165, 1.54) is 4.90 Å². The zero-order chi connectivity index (χ0) is 33.6. The molecule has 8 atom stereocenters. The van der Waals surface area contributed by atoms with Gasteiger partial charge in [-0.3, -0.25) is 19.2 Å². The number of halogens is 1. The predicted molar refractivity (Wildman–Crippen MR) is 178 cm³/mol. The third-order valence-corrected chi connectivity index (χ3v) is 10.5. The van der Waals surface area contributed by atoms with Crippen LogP contribution in [0.2, 0.25) is 0 Å². The monoisotopic (exact) mass is 701 g/mol. The van der Waals surface area contributed by atoms with Crippen LogP contribution in [0.3, 0.4) is 0 Å². The van der Waals surface area contributed by atoms with Gasteiger partial charge in [0.1, 0.15) is 17.7 Å². The summed E-state index contributed by atoms with van der Waals surface area (Å²) in [5.41, 5.74) is -0.518. The third-order valence-electron chi connectivity index (χ3n) is 9.67. The molecule has 3 amide bonds. The van der Waals surface area contributed by atoms with E-state index in [1.54, 1.807) is 29.0 Å². The first kappa shape index (κ1) is 35.8. The third kappa shape index (κ3) is 6.82. The Morgan fingerprint density at radius 2 is 1.93 bits per heavy atom. The molecule has 0 radical (unpaired) electrons. The molecule has 3 saturated heterocycles. The number of esters is 1. The second kappa shape index (κ2) is 15.7. The molecule has 252 valence electrons. The fourth-order valence-corrected chi connectivity index (χ4v) is 8.20. The van der Waals surface area contributed by atoms with Crippen LogP contribution >= 0.6 is 15.9 Å². The van der Waals surface area contributed by atoms with E-state index < -0.39 is 47.7 Å². The number of fused-ring (bicyclic) bond motifs is 1. The van der Waals surface area contributed by atoms with Crippen LogP contribution in [-0.2, 0) is 28.7 Å². The van der Waals surface area contributed by atoms with Gasteiger partial charge in [-0.2, -0.15) is 0 Å². The maximum Gasteiger partial charge on any atom is 0.313 e. The molecule has 10 nitrogen and oxygen atoms in total. The van der Waals surface area contributed by atoms with Crippen molar-refractivity contribution in [3.05, 3.63) is 61.2 Å². The number of aliphatic hydroxyl groups excluding tert-OH is 1. The Hall–Kier alpha value is -3.02. The molecule has 0 saturated carbocycles. The van der Waals surface area contributed by atoms with Crippen LogP contribution in [-0.4, -0.2) is 105 Å². The van der Waals surface area contributed by atoms with Gasteiger partial charge in [-0.25, -0.2) is 0 Å². The van der Waals surface area contributed by atoms with Gasteiger partial charge < -0.3 is 29.3 Å². The predicted octanol–water partition coefficient (Wildman–Crippen LogP) is 4.03. The Labute approximate surface area is 280 Å². The van der Waals surface area contributed by atoms with E-state index in [0.29, 0.717) is 31.5 Å². The normalized spacial score (nSPS) is 27.5. The summed E-state index contributed by atoms with van der Waals surface area (Å²) >= 11 is 3.72. The molecule has 1 unspecified atom stereocenters. The molecule has 0 aliphatic carbocycles. The highest BCUT2D eigenvalue weighted by molar-refractivity contribution is 9.09. The number of rotatable bonds is 17. The highest BCUT2D eigenvalue weighted by atomic mass is 79.9. The van der Waals surface area contributed by atoms with Gasteiger partial charge in [0.15, 0.2) is 0 Å². The molecule has 0 aromatic heterocycles. The van der Waals surface area contributed by atoms with Crippen LogP contribution < -0.4 is 0 Å². The van der Waals surface area contributed by atoms with Crippen LogP contribution in [0.5, 0.6) is 0 Å². The summed E-state index contributed by atoms with van der Waals surface area (Å²) in [5.74, 6) is -3.19. The second-order valence-corrected chi connectivity index (χ2v) is 13.7. The molecule has 1 aromatic rings. The molecule has 3 aliphatic rings. The number of allylic oxidation sites excluding steroid dienone is 1. The Morgan fingerprint density at radius 3 is 2.57 bits per heavy atom. The van der Waals surface area contributed by atoms with Crippen molar-refractivity contribution >= 4 is 39.6 Å². The van der Waals surface area contributed by atoms with Crippen molar-refractivity contribution in [2.75, 3.05) is 33.3 Å². The van der Waals surface area contributed by atoms with E-state index in [9.17, 15) is 24.3 Å². The lowest BCUT2D eigenvalue weighted by atomic mass is 9.70. The van der Waals surface area contributed by atoms with Gasteiger partial charge in [-0.1, -0.05) is 71.8 Å². The van der Waals surface area contributed by atoms with Crippen LogP contribution in [0.15, 0.2) is 55.6 Å². The lowest BCUT2D eigenvalue weighted by Crippen LogP contribution is -2.57. The van der Waals surface area contributed by atoms with Gasteiger partial charge in [0.2, 0.25) is 17.7 Å². The highest BCUT2D eigenvalue weighted by Crippen LogP contribution is 2.60. The molecule has 3 fully saturated rings. The molecule has 1 spiro atoms. The highest BCUT2D eigenvalue weighted by Gasteiger charge is 2.77. The number of benzene rings is 1. The van der Waals surface area contributed by atoms with Gasteiger partial charge >= 0.3 is 5.97 Å². The van der Waals surface area contributed by atoms with Crippen LogP contribution in [0, 0.1) is 11.8 Å². The zero-order valence-electron chi connectivity index (χ0n) is 27.2. The van der Waals surface area contributed by atoms with Crippen molar-refractivity contribution < 1.29 is 33.8 Å². The van der Waals surface area contributed by atoms with Crippen molar-refractivity contribution in [3.63, 3.8) is 0 Å². The van der Waals surface area contributed by atoms with Crippen LogP contribution in [0.25, 0.3) is 0 Å². The second-order valence-electron chi connectivity index (χ2n) is 12.5. The van der Waals surface area contributed by atoms with Gasteiger partial charge in [0, 0.05) is 44.5 Å². The summed E-state index contributed by atoms with van der Waals surface area (Å²) in [4.78, 5) is 60.4. The summed E-state index contributed by atoms with van der Waals surface area (Å²) in [6, 6.07) is 7.77. The van der Waals surface area contributed by atoms with E-state index in [0.717, 1.165) is 12.8 Å². The fourth-order valence-electron chi connectivity index (χ4n) is 7.25. The molecule has 46 heavy (non-hydrogen) atoms.